The summed E-state index contributed by atoms with van der Waals surface area (Å²) in [6.45, 7) is 0. The lowest BCUT2D eigenvalue weighted by Gasteiger charge is -2.09. The first kappa shape index (κ1) is 11.3. The summed E-state index contributed by atoms with van der Waals surface area (Å²) in [5.41, 5.74) is 7.65. The maximum atomic E-state index is 10.8. The number of ether oxygens (including phenoxy) is 1. The summed E-state index contributed by atoms with van der Waals surface area (Å²) in [4.78, 5) is 10.4. The molecule has 0 bridgehead atoms. The van der Waals surface area contributed by atoms with Crippen LogP contribution in [0.5, 0.6) is 11.5 Å². The highest BCUT2D eigenvalue weighted by atomic mass is 16.6. The Hall–Kier alpha value is -2.82. The highest BCUT2D eigenvalue weighted by Crippen LogP contribution is 2.38. The molecular formula is C14H10N2O3. The Morgan fingerprint density at radius 3 is 2.68 bits per heavy atom. The molecule has 0 fully saturated rings. The summed E-state index contributed by atoms with van der Waals surface area (Å²) >= 11 is 0. The maximum absolute atomic E-state index is 10.8. The van der Waals surface area contributed by atoms with Gasteiger partial charge in [-0.25, -0.2) is 0 Å². The van der Waals surface area contributed by atoms with Crippen molar-refractivity contribution in [1.82, 2.24) is 0 Å². The Balaban J connectivity index is 2.19. The van der Waals surface area contributed by atoms with E-state index in [-0.39, 0.29) is 5.69 Å². The molecule has 2 aromatic rings. The van der Waals surface area contributed by atoms with Gasteiger partial charge in [-0.15, -0.1) is 0 Å². The lowest BCUT2D eigenvalue weighted by atomic mass is 10.1. The number of fused-ring (bicyclic) bond motifs is 2. The molecule has 0 saturated carbocycles. The van der Waals surface area contributed by atoms with Gasteiger partial charge in [0, 0.05) is 22.9 Å². The number of hydrogen-bond acceptors (Lipinski definition) is 4. The molecule has 0 radical (unpaired) electrons. The van der Waals surface area contributed by atoms with Crippen LogP contribution in [-0.4, -0.2) is 4.92 Å². The fourth-order valence-electron chi connectivity index (χ4n) is 2.00. The second-order valence-corrected chi connectivity index (χ2v) is 4.18. The number of non-ortho nitro benzene ring substituents is 1. The summed E-state index contributed by atoms with van der Waals surface area (Å²) < 4.78 is 5.73. The van der Waals surface area contributed by atoms with Crippen LogP contribution in [0.15, 0.2) is 36.4 Å². The van der Waals surface area contributed by atoms with Gasteiger partial charge in [-0.1, -0.05) is 24.3 Å². The third-order valence-electron chi connectivity index (χ3n) is 2.94. The minimum Gasteiger partial charge on any atom is -0.456 e. The smallest absolute Gasteiger partial charge is 0.275 e. The number of rotatable bonds is 1. The second-order valence-electron chi connectivity index (χ2n) is 4.18. The van der Waals surface area contributed by atoms with E-state index in [9.17, 15) is 10.1 Å². The largest absolute Gasteiger partial charge is 0.456 e. The highest BCUT2D eigenvalue weighted by Gasteiger charge is 2.17. The number of nitro benzene ring substituents is 1. The summed E-state index contributed by atoms with van der Waals surface area (Å²) in [7, 11) is 0. The molecule has 0 aliphatic carbocycles. The van der Waals surface area contributed by atoms with Crippen molar-refractivity contribution in [3.8, 4) is 11.5 Å². The van der Waals surface area contributed by atoms with Crippen LogP contribution in [0.1, 0.15) is 11.1 Å². The van der Waals surface area contributed by atoms with Gasteiger partial charge < -0.3 is 10.5 Å². The molecule has 1 heterocycles. The molecule has 0 atom stereocenters. The van der Waals surface area contributed by atoms with Gasteiger partial charge in [-0.3, -0.25) is 10.1 Å². The lowest BCUT2D eigenvalue weighted by molar-refractivity contribution is -0.384. The molecule has 94 valence electrons. The van der Waals surface area contributed by atoms with Crippen LogP contribution in [0.3, 0.4) is 0 Å². The van der Waals surface area contributed by atoms with Crippen molar-refractivity contribution in [2.45, 2.75) is 0 Å². The average molecular weight is 254 g/mol. The predicted molar refractivity (Wildman–Crippen MR) is 73.0 cm³/mol. The third kappa shape index (κ3) is 1.91. The van der Waals surface area contributed by atoms with Gasteiger partial charge in [0.1, 0.15) is 11.5 Å². The fourth-order valence-corrected chi connectivity index (χ4v) is 2.00. The zero-order chi connectivity index (χ0) is 13.4. The molecule has 1 aliphatic heterocycles. The summed E-state index contributed by atoms with van der Waals surface area (Å²) in [6.07, 6.45) is 3.68. The van der Waals surface area contributed by atoms with E-state index in [1.165, 1.54) is 12.1 Å². The van der Waals surface area contributed by atoms with E-state index < -0.39 is 4.92 Å². The van der Waals surface area contributed by atoms with Crippen molar-refractivity contribution in [1.29, 1.82) is 0 Å². The molecule has 0 unspecified atom stereocenters. The Kier molecular flexibility index (Phi) is 2.45. The van der Waals surface area contributed by atoms with Crippen LogP contribution in [-0.2, 0) is 0 Å². The van der Waals surface area contributed by atoms with Gasteiger partial charge in [0.05, 0.1) is 11.0 Å². The second kappa shape index (κ2) is 4.13. The van der Waals surface area contributed by atoms with Gasteiger partial charge in [-0.2, -0.15) is 0 Å². The van der Waals surface area contributed by atoms with E-state index in [0.717, 1.165) is 5.56 Å². The number of hydrogen-bond donors (Lipinski definition) is 1. The first-order chi connectivity index (χ1) is 9.15. The van der Waals surface area contributed by atoms with Crippen LogP contribution < -0.4 is 10.5 Å². The number of benzene rings is 2. The van der Waals surface area contributed by atoms with Crippen molar-refractivity contribution in [2.24, 2.45) is 0 Å². The van der Waals surface area contributed by atoms with Crippen LogP contribution >= 0.6 is 0 Å². The zero-order valence-electron chi connectivity index (χ0n) is 9.87. The lowest BCUT2D eigenvalue weighted by Crippen LogP contribution is -1.97. The molecule has 0 spiro atoms. The van der Waals surface area contributed by atoms with Crippen molar-refractivity contribution in [3.05, 3.63) is 57.6 Å². The first-order valence-corrected chi connectivity index (χ1v) is 5.68. The fraction of sp³-hybridized carbons (Fsp3) is 0. The standard InChI is InChI=1S/C14H10N2O3/c15-12-7-10(16(17)18)8-14-11(12)6-5-9-3-1-2-4-13(9)19-14/h1-8H,15H2. The van der Waals surface area contributed by atoms with Crippen molar-refractivity contribution >= 4 is 23.5 Å². The number of nitro groups is 1. The van der Waals surface area contributed by atoms with Gasteiger partial charge in [0.15, 0.2) is 0 Å². The highest BCUT2D eigenvalue weighted by molar-refractivity contribution is 5.84. The molecule has 0 aromatic heterocycles. The Morgan fingerprint density at radius 1 is 1.11 bits per heavy atom. The summed E-state index contributed by atoms with van der Waals surface area (Å²) in [5.74, 6) is 1.05. The normalized spacial score (nSPS) is 12.0. The van der Waals surface area contributed by atoms with Gasteiger partial charge in [0.2, 0.25) is 0 Å². The van der Waals surface area contributed by atoms with Crippen LogP contribution in [0, 0.1) is 10.1 Å². The number of para-hydroxylation sites is 1. The SMILES string of the molecule is Nc1cc([N+](=O)[O-])cc2c1C=Cc1ccccc1O2. The Morgan fingerprint density at radius 2 is 1.89 bits per heavy atom. The van der Waals surface area contributed by atoms with E-state index in [2.05, 4.69) is 0 Å². The van der Waals surface area contributed by atoms with Crippen molar-refractivity contribution < 1.29 is 9.66 Å². The van der Waals surface area contributed by atoms with E-state index >= 15 is 0 Å². The van der Waals surface area contributed by atoms with E-state index in [1.807, 2.05) is 30.3 Å². The van der Waals surface area contributed by atoms with Crippen LogP contribution in [0.4, 0.5) is 11.4 Å². The van der Waals surface area contributed by atoms with Crippen LogP contribution in [0.25, 0.3) is 12.2 Å². The number of anilines is 1. The minimum atomic E-state index is -0.486. The van der Waals surface area contributed by atoms with Crippen LogP contribution in [0.2, 0.25) is 0 Å². The van der Waals surface area contributed by atoms with E-state index in [1.54, 1.807) is 6.08 Å². The molecule has 19 heavy (non-hydrogen) atoms. The van der Waals surface area contributed by atoms with E-state index in [4.69, 9.17) is 10.5 Å². The summed E-state index contributed by atoms with van der Waals surface area (Å²) in [5, 5.41) is 10.8. The minimum absolute atomic E-state index is 0.0796. The predicted octanol–water partition coefficient (Wildman–Crippen LogP) is 3.45. The number of nitrogen functional groups attached to an aromatic ring is 1. The van der Waals surface area contributed by atoms with Gasteiger partial charge in [-0.05, 0) is 12.1 Å². The molecule has 2 aromatic carbocycles. The molecule has 0 amide bonds. The van der Waals surface area contributed by atoms with Gasteiger partial charge in [0.25, 0.3) is 5.69 Å². The van der Waals surface area contributed by atoms with E-state index in [0.29, 0.717) is 22.7 Å². The molecular weight excluding hydrogens is 244 g/mol. The molecule has 3 rings (SSSR count). The van der Waals surface area contributed by atoms with Crippen molar-refractivity contribution in [3.63, 3.8) is 0 Å². The topological polar surface area (TPSA) is 78.4 Å². The molecule has 0 saturated heterocycles. The molecule has 2 N–H and O–H groups in total. The Labute approximate surface area is 109 Å². The maximum Gasteiger partial charge on any atom is 0.275 e. The van der Waals surface area contributed by atoms with Crippen molar-refractivity contribution in [2.75, 3.05) is 5.73 Å². The Bertz CT molecular complexity index is 708. The summed E-state index contributed by atoms with van der Waals surface area (Å²) in [6, 6.07) is 10.2. The number of nitrogens with zero attached hydrogens (tertiary/aromatic N) is 1. The van der Waals surface area contributed by atoms with Gasteiger partial charge >= 0.3 is 0 Å². The zero-order valence-corrected chi connectivity index (χ0v) is 9.87. The monoisotopic (exact) mass is 254 g/mol. The molecule has 5 nitrogen and oxygen atoms in total. The first-order valence-electron chi connectivity index (χ1n) is 5.68. The quantitative estimate of drug-likeness (QED) is 0.410. The molecule has 1 aliphatic rings. The third-order valence-corrected chi connectivity index (χ3v) is 2.94. The number of nitrogens with two attached hydrogens (primary N) is 1. The average Bonchev–Trinajstić information content (AvgIpc) is 2.57. The molecule has 5 heteroatoms.